The van der Waals surface area contributed by atoms with Crippen LogP contribution in [0.2, 0.25) is 0 Å². The Morgan fingerprint density at radius 1 is 1.15 bits per heavy atom. The molecule has 0 fully saturated rings. The molecule has 1 heterocycles. The van der Waals surface area contributed by atoms with Gasteiger partial charge >= 0.3 is 5.69 Å². The highest BCUT2D eigenvalue weighted by atomic mass is 16.6. The van der Waals surface area contributed by atoms with Gasteiger partial charge in [-0.05, 0) is 17.9 Å². The van der Waals surface area contributed by atoms with Gasteiger partial charge in [-0.25, -0.2) is 9.97 Å². The van der Waals surface area contributed by atoms with Gasteiger partial charge in [0.15, 0.2) is 0 Å². The number of aromatic nitrogens is 2. The van der Waals surface area contributed by atoms with Gasteiger partial charge in [0.25, 0.3) is 0 Å². The molecule has 0 aliphatic heterocycles. The molecule has 1 N–H and O–H groups in total. The van der Waals surface area contributed by atoms with Crippen LogP contribution in [0.5, 0.6) is 0 Å². The number of rotatable bonds is 7. The highest BCUT2D eigenvalue weighted by Gasteiger charge is 2.25. The Balaban J connectivity index is 2.03. The second-order valence-electron chi connectivity index (χ2n) is 6.08. The van der Waals surface area contributed by atoms with Gasteiger partial charge in [-0.1, -0.05) is 49.7 Å². The van der Waals surface area contributed by atoms with E-state index < -0.39 is 4.92 Å². The quantitative estimate of drug-likeness (QED) is 0.498. The first kappa shape index (κ1) is 17.6. The summed E-state index contributed by atoms with van der Waals surface area (Å²) in [5, 5.41) is 16.9. The lowest BCUT2D eigenvalue weighted by Gasteiger charge is -2.18. The van der Waals surface area contributed by atoms with E-state index in [1.165, 1.54) is 6.33 Å². The molecule has 0 amide bonds. The van der Waals surface area contributed by atoms with Crippen LogP contribution in [-0.2, 0) is 0 Å². The first-order valence-corrected chi connectivity index (χ1v) is 8.57. The normalized spacial score (nSPS) is 10.7. The molecular formula is C19H21N5O2. The van der Waals surface area contributed by atoms with Crippen molar-refractivity contribution in [2.24, 2.45) is 0 Å². The summed E-state index contributed by atoms with van der Waals surface area (Å²) in [6, 6.07) is 13.7. The average molecular weight is 351 g/mol. The molecule has 3 aromatic rings. The van der Waals surface area contributed by atoms with Crippen molar-refractivity contribution in [3.8, 4) is 0 Å². The molecule has 0 spiro atoms. The maximum absolute atomic E-state index is 11.7. The molecule has 7 nitrogen and oxygen atoms in total. The predicted octanol–water partition coefficient (Wildman–Crippen LogP) is 4.52. The van der Waals surface area contributed by atoms with Crippen LogP contribution in [0.25, 0.3) is 10.8 Å². The van der Waals surface area contributed by atoms with Crippen LogP contribution in [0, 0.1) is 10.1 Å². The zero-order valence-electron chi connectivity index (χ0n) is 14.8. The lowest BCUT2D eigenvalue weighted by Crippen LogP contribution is -2.21. The Labute approximate surface area is 151 Å². The summed E-state index contributed by atoms with van der Waals surface area (Å²) in [6.07, 6.45) is 3.30. The molecule has 26 heavy (non-hydrogen) atoms. The van der Waals surface area contributed by atoms with Gasteiger partial charge in [-0.3, -0.25) is 10.1 Å². The third kappa shape index (κ3) is 3.56. The van der Waals surface area contributed by atoms with Crippen LogP contribution < -0.4 is 10.2 Å². The van der Waals surface area contributed by atoms with Gasteiger partial charge in [0.1, 0.15) is 6.33 Å². The van der Waals surface area contributed by atoms with Crippen molar-refractivity contribution in [2.75, 3.05) is 23.8 Å². The van der Waals surface area contributed by atoms with E-state index in [1.807, 2.05) is 49.5 Å². The second kappa shape index (κ2) is 7.77. The van der Waals surface area contributed by atoms with E-state index in [9.17, 15) is 10.1 Å². The van der Waals surface area contributed by atoms with Crippen LogP contribution in [0.4, 0.5) is 23.0 Å². The van der Waals surface area contributed by atoms with Crippen molar-refractivity contribution >= 4 is 33.8 Å². The number of fused-ring (bicyclic) bond motifs is 1. The monoisotopic (exact) mass is 351 g/mol. The summed E-state index contributed by atoms with van der Waals surface area (Å²) in [7, 11) is 1.81. The van der Waals surface area contributed by atoms with Crippen LogP contribution in [0.3, 0.4) is 0 Å². The minimum atomic E-state index is -0.425. The van der Waals surface area contributed by atoms with Gasteiger partial charge in [0, 0.05) is 24.7 Å². The molecule has 0 bridgehead atoms. The smallest absolute Gasteiger partial charge is 0.353 e. The van der Waals surface area contributed by atoms with E-state index in [1.54, 1.807) is 4.90 Å². The van der Waals surface area contributed by atoms with E-state index in [4.69, 9.17) is 0 Å². The van der Waals surface area contributed by atoms with E-state index in [-0.39, 0.29) is 11.5 Å². The Kier molecular flexibility index (Phi) is 5.26. The van der Waals surface area contributed by atoms with Crippen molar-refractivity contribution in [3.05, 3.63) is 58.9 Å². The van der Waals surface area contributed by atoms with Gasteiger partial charge in [-0.15, -0.1) is 0 Å². The zero-order valence-corrected chi connectivity index (χ0v) is 14.8. The van der Waals surface area contributed by atoms with Crippen molar-refractivity contribution in [2.45, 2.75) is 19.8 Å². The van der Waals surface area contributed by atoms with Gasteiger partial charge in [-0.2, -0.15) is 0 Å². The van der Waals surface area contributed by atoms with E-state index in [0.717, 1.165) is 29.3 Å². The summed E-state index contributed by atoms with van der Waals surface area (Å²) < 4.78 is 0. The summed E-state index contributed by atoms with van der Waals surface area (Å²) >= 11 is 0. The topological polar surface area (TPSA) is 84.2 Å². The van der Waals surface area contributed by atoms with Crippen LogP contribution >= 0.6 is 0 Å². The predicted molar refractivity (Wildman–Crippen MR) is 104 cm³/mol. The number of unbranched alkanes of at least 4 members (excludes halogenated alkanes) is 1. The molecule has 134 valence electrons. The highest BCUT2D eigenvalue weighted by Crippen LogP contribution is 2.34. The Bertz CT molecular complexity index is 923. The first-order valence-electron chi connectivity index (χ1n) is 8.57. The summed E-state index contributed by atoms with van der Waals surface area (Å²) in [5.41, 5.74) is 0.658. The molecule has 2 aromatic carbocycles. The summed E-state index contributed by atoms with van der Waals surface area (Å²) in [6.45, 7) is 2.78. The molecule has 0 aliphatic carbocycles. The fourth-order valence-corrected chi connectivity index (χ4v) is 2.87. The molecule has 0 atom stereocenters. The SMILES string of the molecule is CCCCN(C)c1ncnc(Nc2cccc3ccccc23)c1[N+](=O)[O-]. The van der Waals surface area contributed by atoms with E-state index >= 15 is 0 Å². The lowest BCUT2D eigenvalue weighted by molar-refractivity contribution is -0.383. The Morgan fingerprint density at radius 3 is 2.69 bits per heavy atom. The molecule has 0 saturated carbocycles. The van der Waals surface area contributed by atoms with Gasteiger partial charge < -0.3 is 10.2 Å². The van der Waals surface area contributed by atoms with Crippen LogP contribution in [0.1, 0.15) is 19.8 Å². The number of nitrogens with zero attached hydrogens (tertiary/aromatic N) is 4. The van der Waals surface area contributed by atoms with Crippen molar-refractivity contribution < 1.29 is 4.92 Å². The van der Waals surface area contributed by atoms with Crippen LogP contribution in [0.15, 0.2) is 48.8 Å². The largest absolute Gasteiger partial charge is 0.354 e. The molecule has 0 saturated heterocycles. The van der Waals surface area contributed by atoms with Crippen LogP contribution in [-0.4, -0.2) is 28.5 Å². The molecule has 0 aliphatic rings. The van der Waals surface area contributed by atoms with E-state index in [2.05, 4.69) is 22.2 Å². The number of anilines is 3. The number of nitrogens with one attached hydrogen (secondary N) is 1. The van der Waals surface area contributed by atoms with Crippen molar-refractivity contribution in [1.29, 1.82) is 0 Å². The molecule has 7 heteroatoms. The highest BCUT2D eigenvalue weighted by molar-refractivity contribution is 5.96. The lowest BCUT2D eigenvalue weighted by atomic mass is 10.1. The third-order valence-corrected chi connectivity index (χ3v) is 4.24. The Morgan fingerprint density at radius 2 is 1.92 bits per heavy atom. The zero-order chi connectivity index (χ0) is 18.5. The van der Waals surface area contributed by atoms with Gasteiger partial charge in [0.2, 0.25) is 11.6 Å². The summed E-state index contributed by atoms with van der Waals surface area (Å²) in [5.74, 6) is 0.515. The number of hydrogen-bond donors (Lipinski definition) is 1. The maximum atomic E-state index is 11.7. The number of hydrogen-bond acceptors (Lipinski definition) is 6. The molecular weight excluding hydrogens is 330 g/mol. The molecule has 3 rings (SSSR count). The Hall–Kier alpha value is -3.22. The van der Waals surface area contributed by atoms with Gasteiger partial charge in [0.05, 0.1) is 4.92 Å². The number of benzene rings is 2. The second-order valence-corrected chi connectivity index (χ2v) is 6.08. The molecule has 0 unspecified atom stereocenters. The summed E-state index contributed by atoms with van der Waals surface area (Å²) in [4.78, 5) is 21.4. The van der Waals surface area contributed by atoms with E-state index in [0.29, 0.717) is 12.4 Å². The fourth-order valence-electron chi connectivity index (χ4n) is 2.87. The minimum absolute atomic E-state index is 0.112. The van der Waals surface area contributed by atoms with Crippen molar-refractivity contribution in [3.63, 3.8) is 0 Å². The average Bonchev–Trinajstić information content (AvgIpc) is 2.66. The first-order chi connectivity index (χ1) is 12.6. The number of nitro groups is 1. The minimum Gasteiger partial charge on any atom is -0.354 e. The van der Waals surface area contributed by atoms with Crippen molar-refractivity contribution in [1.82, 2.24) is 9.97 Å². The standard InChI is InChI=1S/C19H21N5O2/c1-3-4-12-23(2)19-17(24(25)26)18(20-13-21-19)22-16-11-7-9-14-8-5-6-10-15(14)16/h5-11,13H,3-4,12H2,1-2H3,(H,20,21,22). The molecule has 1 aromatic heterocycles. The third-order valence-electron chi connectivity index (χ3n) is 4.24. The fraction of sp³-hybridized carbons (Fsp3) is 0.263. The molecule has 0 radical (unpaired) electrons. The maximum Gasteiger partial charge on any atom is 0.353 e.